The van der Waals surface area contributed by atoms with E-state index >= 15 is 0 Å². The highest BCUT2D eigenvalue weighted by atomic mass is 16.2. The van der Waals surface area contributed by atoms with Gasteiger partial charge in [0.05, 0.1) is 0 Å². The molecule has 0 saturated heterocycles. The molecular formula is C16H32N2O. The van der Waals surface area contributed by atoms with Crippen molar-refractivity contribution in [2.24, 2.45) is 11.0 Å². The van der Waals surface area contributed by atoms with E-state index in [0.29, 0.717) is 12.3 Å². The molecule has 19 heavy (non-hydrogen) atoms. The van der Waals surface area contributed by atoms with Crippen molar-refractivity contribution in [3.63, 3.8) is 0 Å². The minimum absolute atomic E-state index is 0.0415. The van der Waals surface area contributed by atoms with E-state index in [-0.39, 0.29) is 5.91 Å². The summed E-state index contributed by atoms with van der Waals surface area (Å²) in [5, 5.41) is 3.90. The third-order valence-electron chi connectivity index (χ3n) is 3.07. The maximum absolute atomic E-state index is 11.4. The van der Waals surface area contributed by atoms with Crippen molar-refractivity contribution in [1.82, 2.24) is 5.43 Å². The number of unbranched alkanes of at least 4 members (excludes halogenated alkanes) is 8. The fourth-order valence-corrected chi connectivity index (χ4v) is 1.91. The molecule has 0 aromatic carbocycles. The summed E-state index contributed by atoms with van der Waals surface area (Å²) in [7, 11) is 0. The average molecular weight is 268 g/mol. The maximum atomic E-state index is 11.4. The van der Waals surface area contributed by atoms with Gasteiger partial charge in [-0.15, -0.1) is 0 Å². The van der Waals surface area contributed by atoms with E-state index in [1.807, 2.05) is 13.8 Å². The second-order valence-electron chi connectivity index (χ2n) is 5.64. The predicted octanol–water partition coefficient (Wildman–Crippen LogP) is 4.67. The number of nitrogens with one attached hydrogen (secondary N) is 1. The first-order valence-electron chi connectivity index (χ1n) is 7.98. The number of carbonyl (C=O) groups is 1. The van der Waals surface area contributed by atoms with Crippen LogP contribution >= 0.6 is 0 Å². The molecule has 0 unspecified atom stereocenters. The third-order valence-corrected chi connectivity index (χ3v) is 3.07. The summed E-state index contributed by atoms with van der Waals surface area (Å²) in [4.78, 5) is 11.4. The first-order valence-corrected chi connectivity index (χ1v) is 7.98. The van der Waals surface area contributed by atoms with Crippen LogP contribution in [0.3, 0.4) is 0 Å². The summed E-state index contributed by atoms with van der Waals surface area (Å²) in [6.45, 7) is 6.32. The Labute approximate surface area is 119 Å². The van der Waals surface area contributed by atoms with Gasteiger partial charge in [-0.1, -0.05) is 72.1 Å². The van der Waals surface area contributed by atoms with Crippen LogP contribution < -0.4 is 5.43 Å². The minimum atomic E-state index is 0.0415. The van der Waals surface area contributed by atoms with Crippen LogP contribution in [0.2, 0.25) is 0 Å². The smallest absolute Gasteiger partial charge is 0.240 e. The lowest BCUT2D eigenvalue weighted by Gasteiger charge is -2.02. The predicted molar refractivity (Wildman–Crippen MR) is 83.3 cm³/mol. The van der Waals surface area contributed by atoms with Crippen molar-refractivity contribution >= 4 is 12.1 Å². The number of rotatable bonds is 12. The Kier molecular flexibility index (Phi) is 13.0. The number of hydrogen-bond donors (Lipinski definition) is 1. The molecule has 0 aromatic rings. The number of hydrazone groups is 1. The van der Waals surface area contributed by atoms with Gasteiger partial charge in [0.1, 0.15) is 0 Å². The summed E-state index contributed by atoms with van der Waals surface area (Å²) >= 11 is 0. The van der Waals surface area contributed by atoms with Gasteiger partial charge in [-0.3, -0.25) is 4.79 Å². The average Bonchev–Trinajstić information content (AvgIpc) is 2.36. The molecule has 0 fully saturated rings. The molecule has 0 aliphatic heterocycles. The zero-order chi connectivity index (χ0) is 14.3. The van der Waals surface area contributed by atoms with Crippen LogP contribution in [0.25, 0.3) is 0 Å². The van der Waals surface area contributed by atoms with Crippen molar-refractivity contribution in [2.45, 2.75) is 85.0 Å². The van der Waals surface area contributed by atoms with Crippen molar-refractivity contribution < 1.29 is 4.79 Å². The Bertz CT molecular complexity index is 237. The molecule has 0 aliphatic carbocycles. The highest BCUT2D eigenvalue weighted by Gasteiger charge is 1.99. The van der Waals surface area contributed by atoms with Crippen molar-refractivity contribution in [3.05, 3.63) is 0 Å². The van der Waals surface area contributed by atoms with Crippen molar-refractivity contribution in [1.29, 1.82) is 0 Å². The van der Waals surface area contributed by atoms with Gasteiger partial charge in [-0.25, -0.2) is 5.43 Å². The normalized spacial score (nSPS) is 11.4. The zero-order valence-corrected chi connectivity index (χ0v) is 13.1. The summed E-state index contributed by atoms with van der Waals surface area (Å²) in [6.07, 6.45) is 13.9. The van der Waals surface area contributed by atoms with E-state index in [1.165, 1.54) is 44.9 Å². The molecule has 0 saturated carbocycles. The standard InChI is InChI=1S/C16H32N2O/c1-4-5-6-7-8-9-10-11-12-13-16(19)18-17-14-15(2)3/h14-15H,4-13H2,1-3H3,(H,18,19). The number of carbonyl (C=O) groups excluding carboxylic acids is 1. The van der Waals surface area contributed by atoms with Gasteiger partial charge in [0.25, 0.3) is 0 Å². The van der Waals surface area contributed by atoms with Crippen LogP contribution in [0.4, 0.5) is 0 Å². The Morgan fingerprint density at radius 2 is 1.53 bits per heavy atom. The molecule has 0 aromatic heterocycles. The molecule has 1 amide bonds. The van der Waals surface area contributed by atoms with E-state index in [4.69, 9.17) is 0 Å². The molecule has 3 heteroatoms. The fraction of sp³-hybridized carbons (Fsp3) is 0.875. The number of hydrogen-bond acceptors (Lipinski definition) is 2. The Balaban J connectivity index is 3.23. The lowest BCUT2D eigenvalue weighted by Crippen LogP contribution is -2.17. The van der Waals surface area contributed by atoms with Crippen molar-refractivity contribution in [2.75, 3.05) is 0 Å². The SMILES string of the molecule is CCCCCCCCCCCC(=O)NN=CC(C)C. The molecular weight excluding hydrogens is 236 g/mol. The molecule has 0 radical (unpaired) electrons. The van der Waals surface area contributed by atoms with Crippen LogP contribution in [-0.4, -0.2) is 12.1 Å². The minimum Gasteiger partial charge on any atom is -0.273 e. The van der Waals surface area contributed by atoms with E-state index in [1.54, 1.807) is 6.21 Å². The molecule has 1 N–H and O–H groups in total. The monoisotopic (exact) mass is 268 g/mol. The molecule has 112 valence electrons. The summed E-state index contributed by atoms with van der Waals surface area (Å²) in [6, 6.07) is 0. The van der Waals surface area contributed by atoms with Crippen molar-refractivity contribution in [3.8, 4) is 0 Å². The summed E-state index contributed by atoms with van der Waals surface area (Å²) in [5.74, 6) is 0.424. The molecule has 0 atom stereocenters. The lowest BCUT2D eigenvalue weighted by molar-refractivity contribution is -0.121. The first-order chi connectivity index (χ1) is 9.16. The fourth-order valence-electron chi connectivity index (χ4n) is 1.91. The third kappa shape index (κ3) is 15.1. The molecule has 3 nitrogen and oxygen atoms in total. The van der Waals surface area contributed by atoms with Crippen LogP contribution in [-0.2, 0) is 4.79 Å². The first kappa shape index (κ1) is 18.1. The largest absolute Gasteiger partial charge is 0.273 e. The Morgan fingerprint density at radius 1 is 1.00 bits per heavy atom. The van der Waals surface area contributed by atoms with E-state index in [2.05, 4.69) is 17.5 Å². The van der Waals surface area contributed by atoms with Crippen LogP contribution in [0.5, 0.6) is 0 Å². The van der Waals surface area contributed by atoms with Crippen LogP contribution in [0.1, 0.15) is 85.0 Å². The molecule has 0 spiro atoms. The number of amides is 1. The highest BCUT2D eigenvalue weighted by Crippen LogP contribution is 2.10. The molecule has 0 bridgehead atoms. The molecule has 0 rings (SSSR count). The van der Waals surface area contributed by atoms with E-state index < -0.39 is 0 Å². The quantitative estimate of drug-likeness (QED) is 0.312. The lowest BCUT2D eigenvalue weighted by atomic mass is 10.1. The van der Waals surface area contributed by atoms with Gasteiger partial charge in [0.15, 0.2) is 0 Å². The maximum Gasteiger partial charge on any atom is 0.240 e. The topological polar surface area (TPSA) is 41.5 Å². The van der Waals surface area contributed by atoms with Gasteiger partial charge in [-0.05, 0) is 12.3 Å². The second-order valence-corrected chi connectivity index (χ2v) is 5.64. The zero-order valence-electron chi connectivity index (χ0n) is 13.1. The van der Waals surface area contributed by atoms with Gasteiger partial charge in [0.2, 0.25) is 5.91 Å². The van der Waals surface area contributed by atoms with Crippen LogP contribution in [0, 0.1) is 5.92 Å². The molecule has 0 aliphatic rings. The van der Waals surface area contributed by atoms with Gasteiger partial charge in [0, 0.05) is 12.6 Å². The summed E-state index contributed by atoms with van der Waals surface area (Å²) in [5.41, 5.74) is 2.57. The van der Waals surface area contributed by atoms with E-state index in [9.17, 15) is 4.79 Å². The Morgan fingerprint density at radius 3 is 2.05 bits per heavy atom. The van der Waals surface area contributed by atoms with Crippen LogP contribution in [0.15, 0.2) is 5.10 Å². The Hall–Kier alpha value is -0.860. The summed E-state index contributed by atoms with van der Waals surface area (Å²) < 4.78 is 0. The molecule has 0 heterocycles. The number of nitrogens with zero attached hydrogens (tertiary/aromatic N) is 1. The highest BCUT2D eigenvalue weighted by molar-refractivity contribution is 5.76. The van der Waals surface area contributed by atoms with Gasteiger partial charge < -0.3 is 0 Å². The second kappa shape index (κ2) is 13.6. The van der Waals surface area contributed by atoms with E-state index in [0.717, 1.165) is 12.8 Å². The van der Waals surface area contributed by atoms with Gasteiger partial charge in [-0.2, -0.15) is 5.10 Å². The van der Waals surface area contributed by atoms with Gasteiger partial charge >= 0.3 is 0 Å².